The van der Waals surface area contributed by atoms with Crippen LogP contribution >= 0.6 is 6.72 Å². The van der Waals surface area contributed by atoms with Crippen LogP contribution in [0.3, 0.4) is 0 Å². The molecule has 4 N–H and O–H groups in total. The second-order valence-electron chi connectivity index (χ2n) is 7.62. The zero-order valence-electron chi connectivity index (χ0n) is 17.0. The highest BCUT2D eigenvalue weighted by Crippen LogP contribution is 2.56. The molecule has 0 saturated carbocycles. The van der Waals surface area contributed by atoms with Crippen molar-refractivity contribution in [1.82, 2.24) is 19.5 Å². The van der Waals surface area contributed by atoms with Gasteiger partial charge in [-0.2, -0.15) is 4.98 Å². The van der Waals surface area contributed by atoms with Crippen LogP contribution in [0.1, 0.15) is 11.8 Å². The first-order chi connectivity index (χ1) is 16.1. The van der Waals surface area contributed by atoms with E-state index in [1.165, 1.54) is 0 Å². The van der Waals surface area contributed by atoms with E-state index in [1.54, 1.807) is 24.3 Å². The quantitative estimate of drug-likeness (QED) is 0.426. The molecule has 0 aliphatic carbocycles. The van der Waals surface area contributed by atoms with Crippen LogP contribution in [0.4, 0.5) is 19.1 Å². The highest BCUT2D eigenvalue weighted by Gasteiger charge is 2.62. The predicted octanol–water partition coefficient (Wildman–Crippen LogP) is 1.78. The summed E-state index contributed by atoms with van der Waals surface area (Å²) in [7, 11) is 0. The number of benzene rings is 1. The minimum absolute atomic E-state index is 0.0168. The molecule has 16 heteroatoms. The van der Waals surface area contributed by atoms with Gasteiger partial charge in [-0.15, -0.1) is 0 Å². The maximum atomic E-state index is 15.2. The Bertz CT molecular complexity index is 1360. The summed E-state index contributed by atoms with van der Waals surface area (Å²) in [5, 5.41) is 10.5. The maximum absolute atomic E-state index is 15.2. The molecule has 2 aliphatic rings. The summed E-state index contributed by atoms with van der Waals surface area (Å²) in [5.74, 6) is 0.0701. The predicted molar refractivity (Wildman–Crippen MR) is 114 cm³/mol. The number of alkyl halides is 3. The number of aliphatic hydroxyl groups excluding tert-OH is 1. The molecule has 0 spiro atoms. The normalized spacial score (nSPS) is 31.0. The highest BCUT2D eigenvalue weighted by atomic mass is 32.5. The van der Waals surface area contributed by atoms with Gasteiger partial charge in [-0.3, -0.25) is 23.4 Å². The zero-order chi connectivity index (χ0) is 24.3. The summed E-state index contributed by atoms with van der Waals surface area (Å²) in [4.78, 5) is 21.9. The highest BCUT2D eigenvalue weighted by molar-refractivity contribution is 8.07. The monoisotopic (exact) mass is 519 g/mol. The third-order valence-corrected chi connectivity index (χ3v) is 7.67. The van der Waals surface area contributed by atoms with Crippen molar-refractivity contribution in [3.8, 4) is 5.75 Å². The molecule has 1 unspecified atom stereocenters. The van der Waals surface area contributed by atoms with Crippen molar-refractivity contribution in [1.29, 1.82) is 0 Å². The van der Waals surface area contributed by atoms with Crippen LogP contribution in [0, 0.1) is 0 Å². The summed E-state index contributed by atoms with van der Waals surface area (Å²) in [6.07, 6.45) is -8.88. The number of nitrogens with two attached hydrogens (primary N) is 1. The van der Waals surface area contributed by atoms with Gasteiger partial charge >= 0.3 is 6.72 Å². The molecule has 1 aromatic carbocycles. The molecule has 0 amide bonds. The molecule has 1 saturated heterocycles. The molecule has 2 aromatic heterocycles. The first kappa shape index (κ1) is 23.2. The number of para-hydroxylation sites is 1. The molecule has 11 nitrogen and oxygen atoms in total. The van der Waals surface area contributed by atoms with Crippen LogP contribution in [-0.4, -0.2) is 55.5 Å². The van der Waals surface area contributed by atoms with Crippen molar-refractivity contribution in [3.63, 3.8) is 0 Å². The minimum atomic E-state index is -3.58. The van der Waals surface area contributed by atoms with Gasteiger partial charge in [-0.25, -0.2) is 18.2 Å². The SMILES string of the molecule is Nc1nc2c(ncn2[C@@H]2O[C@@](COP3(=S)OCc4ccccc4O3)(C(F)F)[C@H](F)[C@H]2O)c(=O)[nH]1. The van der Waals surface area contributed by atoms with Crippen molar-refractivity contribution in [2.45, 2.75) is 37.1 Å². The third-order valence-electron chi connectivity index (χ3n) is 5.50. The lowest BCUT2D eigenvalue weighted by Crippen LogP contribution is -2.50. The number of halogens is 3. The molecule has 182 valence electrons. The average Bonchev–Trinajstić information content (AvgIpc) is 3.32. The molecule has 0 radical (unpaired) electrons. The Hall–Kier alpha value is -2.55. The van der Waals surface area contributed by atoms with Crippen LogP contribution in [0.25, 0.3) is 11.2 Å². The van der Waals surface area contributed by atoms with E-state index in [-0.39, 0.29) is 23.7 Å². The molecule has 4 heterocycles. The molecule has 34 heavy (non-hydrogen) atoms. The van der Waals surface area contributed by atoms with E-state index in [2.05, 4.69) is 15.0 Å². The fourth-order valence-electron chi connectivity index (χ4n) is 3.74. The Morgan fingerprint density at radius 2 is 2.21 bits per heavy atom. The molecule has 5 rings (SSSR count). The lowest BCUT2D eigenvalue weighted by molar-refractivity contribution is -0.182. The van der Waals surface area contributed by atoms with Crippen LogP contribution in [0.5, 0.6) is 5.75 Å². The zero-order valence-corrected chi connectivity index (χ0v) is 18.7. The van der Waals surface area contributed by atoms with E-state index < -0.39 is 49.4 Å². The van der Waals surface area contributed by atoms with Crippen molar-refractivity contribution in [2.75, 3.05) is 12.3 Å². The number of nitrogen functional groups attached to an aromatic ring is 1. The number of aromatic nitrogens is 4. The van der Waals surface area contributed by atoms with Crippen LogP contribution in [0.2, 0.25) is 0 Å². The molecule has 5 atom stereocenters. The van der Waals surface area contributed by atoms with E-state index in [9.17, 15) is 18.7 Å². The Morgan fingerprint density at radius 3 is 2.97 bits per heavy atom. The van der Waals surface area contributed by atoms with Crippen molar-refractivity contribution < 1.29 is 36.6 Å². The van der Waals surface area contributed by atoms with Gasteiger partial charge in [0, 0.05) is 17.4 Å². The van der Waals surface area contributed by atoms with Crippen molar-refractivity contribution in [3.05, 3.63) is 46.5 Å². The topological polar surface area (TPSA) is 147 Å². The van der Waals surface area contributed by atoms with E-state index >= 15 is 4.39 Å². The molecular weight excluding hydrogens is 502 g/mol. The van der Waals surface area contributed by atoms with Crippen molar-refractivity contribution in [2.24, 2.45) is 0 Å². The maximum Gasteiger partial charge on any atom is 0.381 e. The van der Waals surface area contributed by atoms with Gasteiger partial charge in [-0.05, 0) is 6.07 Å². The molecule has 2 aliphatic heterocycles. The molecular formula is C18H17F3N5O6PS. The largest absolute Gasteiger partial charge is 0.424 e. The summed E-state index contributed by atoms with van der Waals surface area (Å²) >= 11 is 5.25. The number of nitrogens with zero attached hydrogens (tertiary/aromatic N) is 3. The number of aromatic amines is 1. The number of aliphatic hydroxyl groups is 1. The second kappa shape index (κ2) is 8.29. The lowest BCUT2D eigenvalue weighted by Gasteiger charge is -2.33. The fourth-order valence-corrected chi connectivity index (χ4v) is 5.56. The Labute approximate surface area is 193 Å². The fraction of sp³-hybridized carbons (Fsp3) is 0.389. The number of anilines is 1. The van der Waals surface area contributed by atoms with Crippen LogP contribution < -0.4 is 15.8 Å². The van der Waals surface area contributed by atoms with E-state index in [0.29, 0.717) is 11.3 Å². The summed E-state index contributed by atoms with van der Waals surface area (Å²) in [5.41, 5.74) is 2.18. The number of rotatable bonds is 5. The molecule has 0 bridgehead atoms. The Kier molecular flexibility index (Phi) is 5.66. The van der Waals surface area contributed by atoms with E-state index in [0.717, 1.165) is 10.9 Å². The van der Waals surface area contributed by atoms with Gasteiger partial charge < -0.3 is 20.1 Å². The van der Waals surface area contributed by atoms with Crippen LogP contribution in [0.15, 0.2) is 35.4 Å². The van der Waals surface area contributed by atoms with Gasteiger partial charge in [0.15, 0.2) is 29.2 Å². The second-order valence-corrected chi connectivity index (χ2v) is 10.6. The lowest BCUT2D eigenvalue weighted by atomic mass is 9.98. The summed E-state index contributed by atoms with van der Waals surface area (Å²) in [6, 6.07) is 6.78. The first-order valence-corrected chi connectivity index (χ1v) is 12.4. The van der Waals surface area contributed by atoms with Gasteiger partial charge in [0.1, 0.15) is 11.9 Å². The van der Waals surface area contributed by atoms with Crippen molar-refractivity contribution >= 4 is 35.6 Å². The molecule has 3 aromatic rings. The number of hydrogen-bond acceptors (Lipinski definition) is 10. The number of nitrogens with one attached hydrogen (secondary N) is 1. The third kappa shape index (κ3) is 3.68. The summed E-state index contributed by atoms with van der Waals surface area (Å²) in [6.45, 7) is -4.65. The first-order valence-electron chi connectivity index (χ1n) is 9.80. The number of hydrogen-bond donors (Lipinski definition) is 3. The number of ether oxygens (including phenoxy) is 1. The average molecular weight is 519 g/mol. The van der Waals surface area contributed by atoms with E-state index in [4.69, 9.17) is 35.8 Å². The van der Waals surface area contributed by atoms with Gasteiger partial charge in [0.25, 0.3) is 12.0 Å². The van der Waals surface area contributed by atoms with Gasteiger partial charge in [0.05, 0.1) is 19.5 Å². The number of imidazole rings is 1. The number of H-pyrrole nitrogens is 1. The Morgan fingerprint density at radius 1 is 1.44 bits per heavy atom. The molecule has 1 fully saturated rings. The minimum Gasteiger partial charge on any atom is -0.424 e. The summed E-state index contributed by atoms with van der Waals surface area (Å²) < 4.78 is 66.4. The smallest absolute Gasteiger partial charge is 0.381 e. The van der Waals surface area contributed by atoms with Gasteiger partial charge in [0.2, 0.25) is 5.95 Å². The van der Waals surface area contributed by atoms with Crippen LogP contribution in [-0.2, 0) is 32.2 Å². The van der Waals surface area contributed by atoms with E-state index in [1.807, 2.05) is 0 Å². The number of fused-ring (bicyclic) bond motifs is 2. The standard InChI is InChI=1S/C18H17F3N5O6PS/c19-12-11(27)15(26-7-23-10-13(26)24-17(22)25-14(10)28)31-18(12,16(20)21)6-30-33(34)29-5-8-3-1-2-4-9(8)32-33/h1-4,7,11-12,15-16,27H,5-6H2,(H3,22,24,25,28)/t11-,12-,15-,18-,33?/m1/s1. The van der Waals surface area contributed by atoms with Gasteiger partial charge in [-0.1, -0.05) is 18.2 Å². The Balaban J connectivity index is 1.43.